The van der Waals surface area contributed by atoms with Gasteiger partial charge in [-0.1, -0.05) is 13.8 Å². The lowest BCUT2D eigenvalue weighted by Gasteiger charge is -2.27. The minimum absolute atomic E-state index is 0.307. The molecule has 1 heterocycles. The summed E-state index contributed by atoms with van der Waals surface area (Å²) in [4.78, 5) is 6.36. The quantitative estimate of drug-likeness (QED) is 0.799. The lowest BCUT2D eigenvalue weighted by atomic mass is 10.1. The molecule has 3 nitrogen and oxygen atoms in total. The van der Waals surface area contributed by atoms with E-state index in [4.69, 9.17) is 5.73 Å². The number of pyridine rings is 1. The summed E-state index contributed by atoms with van der Waals surface area (Å²) in [5.74, 6) is 0.735. The van der Waals surface area contributed by atoms with Gasteiger partial charge >= 0.3 is 0 Å². The number of hydrogen-bond donors (Lipinski definition) is 1. The predicted octanol–water partition coefficient (Wildman–Crippen LogP) is 2.06. The Labute approximate surface area is 98.7 Å². The number of likely N-dealkylation sites (N-methyl/N-ethyl adjacent to an activating group) is 1. The molecule has 0 aliphatic carbocycles. The van der Waals surface area contributed by atoms with Gasteiger partial charge in [0.05, 0.1) is 0 Å². The van der Waals surface area contributed by atoms with Crippen molar-refractivity contribution in [3.63, 3.8) is 0 Å². The number of aromatic nitrogens is 1. The average molecular weight is 221 g/mol. The summed E-state index contributed by atoms with van der Waals surface area (Å²) >= 11 is 0. The Hall–Kier alpha value is -0.930. The summed E-state index contributed by atoms with van der Waals surface area (Å²) in [5, 5.41) is 0. The Balaban J connectivity index is 2.60. The number of nitrogens with two attached hydrogens (primary N) is 1. The van der Waals surface area contributed by atoms with Crippen LogP contribution in [0.25, 0.3) is 0 Å². The first kappa shape index (κ1) is 13.1. The molecule has 1 rings (SSSR count). The van der Waals surface area contributed by atoms with Crippen molar-refractivity contribution in [2.24, 2.45) is 11.7 Å². The standard InChI is InChI=1S/C13H23N3/c1-11(2)6-9-16(3)13(10-14)12-4-7-15-8-5-12/h4-5,7-8,11,13H,6,9-10,14H2,1-3H3. The highest BCUT2D eigenvalue weighted by Crippen LogP contribution is 2.18. The van der Waals surface area contributed by atoms with Crippen molar-refractivity contribution in [1.29, 1.82) is 0 Å². The van der Waals surface area contributed by atoms with Crippen LogP contribution in [-0.4, -0.2) is 30.0 Å². The molecule has 0 saturated heterocycles. The summed E-state index contributed by atoms with van der Waals surface area (Å²) < 4.78 is 0. The highest BCUT2D eigenvalue weighted by molar-refractivity contribution is 5.15. The van der Waals surface area contributed by atoms with E-state index in [0.29, 0.717) is 12.6 Å². The van der Waals surface area contributed by atoms with Gasteiger partial charge in [-0.25, -0.2) is 0 Å². The number of rotatable bonds is 6. The Morgan fingerprint density at radius 3 is 2.44 bits per heavy atom. The smallest absolute Gasteiger partial charge is 0.0468 e. The van der Waals surface area contributed by atoms with Crippen LogP contribution in [0.1, 0.15) is 31.9 Å². The van der Waals surface area contributed by atoms with Crippen LogP contribution in [0.5, 0.6) is 0 Å². The van der Waals surface area contributed by atoms with Gasteiger partial charge in [-0.15, -0.1) is 0 Å². The molecule has 0 aliphatic rings. The van der Waals surface area contributed by atoms with Gasteiger partial charge in [0.1, 0.15) is 0 Å². The lowest BCUT2D eigenvalue weighted by molar-refractivity contribution is 0.236. The third-order valence-corrected chi connectivity index (χ3v) is 2.91. The molecule has 2 N–H and O–H groups in total. The Kier molecular flexibility index (Phi) is 5.43. The summed E-state index contributed by atoms with van der Waals surface area (Å²) in [6.07, 6.45) is 4.86. The fraction of sp³-hybridized carbons (Fsp3) is 0.615. The molecule has 0 saturated carbocycles. The fourth-order valence-electron chi connectivity index (χ4n) is 1.77. The molecule has 0 amide bonds. The van der Waals surface area contributed by atoms with Crippen LogP contribution in [-0.2, 0) is 0 Å². The topological polar surface area (TPSA) is 42.1 Å². The molecule has 0 spiro atoms. The molecule has 0 radical (unpaired) electrons. The van der Waals surface area contributed by atoms with E-state index in [1.807, 2.05) is 24.5 Å². The van der Waals surface area contributed by atoms with Gasteiger partial charge in [0.15, 0.2) is 0 Å². The molecule has 16 heavy (non-hydrogen) atoms. The van der Waals surface area contributed by atoms with E-state index in [2.05, 4.69) is 30.8 Å². The van der Waals surface area contributed by atoms with Gasteiger partial charge in [-0.05, 0) is 43.6 Å². The fourth-order valence-corrected chi connectivity index (χ4v) is 1.77. The molecule has 0 aliphatic heterocycles. The normalized spacial score (nSPS) is 13.4. The molecule has 1 aromatic heterocycles. The SMILES string of the molecule is CC(C)CCN(C)C(CN)c1ccncc1. The maximum Gasteiger partial charge on any atom is 0.0468 e. The molecular weight excluding hydrogens is 198 g/mol. The zero-order chi connectivity index (χ0) is 12.0. The van der Waals surface area contributed by atoms with Crippen LogP contribution < -0.4 is 5.73 Å². The third kappa shape index (κ3) is 3.91. The Morgan fingerprint density at radius 1 is 1.31 bits per heavy atom. The second-order valence-electron chi connectivity index (χ2n) is 4.70. The summed E-state index contributed by atoms with van der Waals surface area (Å²) in [6.45, 7) is 6.23. The van der Waals surface area contributed by atoms with Crippen LogP contribution in [0, 0.1) is 5.92 Å². The van der Waals surface area contributed by atoms with Crippen molar-refractivity contribution >= 4 is 0 Å². The second kappa shape index (κ2) is 6.61. The highest BCUT2D eigenvalue weighted by atomic mass is 15.1. The monoisotopic (exact) mass is 221 g/mol. The van der Waals surface area contributed by atoms with Crippen molar-refractivity contribution in [3.05, 3.63) is 30.1 Å². The molecular formula is C13H23N3. The van der Waals surface area contributed by atoms with Gasteiger partial charge in [0.25, 0.3) is 0 Å². The summed E-state index contributed by atoms with van der Waals surface area (Å²) in [5.41, 5.74) is 7.10. The van der Waals surface area contributed by atoms with Crippen molar-refractivity contribution in [2.75, 3.05) is 20.1 Å². The van der Waals surface area contributed by atoms with Crippen molar-refractivity contribution in [3.8, 4) is 0 Å². The molecule has 1 atom stereocenters. The summed E-state index contributed by atoms with van der Waals surface area (Å²) in [7, 11) is 2.14. The zero-order valence-corrected chi connectivity index (χ0v) is 10.6. The van der Waals surface area contributed by atoms with Crippen molar-refractivity contribution in [2.45, 2.75) is 26.3 Å². The maximum absolute atomic E-state index is 5.85. The lowest BCUT2D eigenvalue weighted by Crippen LogP contribution is -2.31. The number of nitrogens with zero attached hydrogens (tertiary/aromatic N) is 2. The van der Waals surface area contributed by atoms with Crippen LogP contribution >= 0.6 is 0 Å². The number of hydrogen-bond acceptors (Lipinski definition) is 3. The van der Waals surface area contributed by atoms with Crippen LogP contribution in [0.4, 0.5) is 0 Å². The maximum atomic E-state index is 5.85. The molecule has 0 aromatic carbocycles. The predicted molar refractivity (Wildman–Crippen MR) is 68.1 cm³/mol. The van der Waals surface area contributed by atoms with Gasteiger partial charge < -0.3 is 5.73 Å². The Morgan fingerprint density at radius 2 is 1.94 bits per heavy atom. The van der Waals surface area contributed by atoms with E-state index >= 15 is 0 Å². The van der Waals surface area contributed by atoms with E-state index in [1.54, 1.807) is 0 Å². The van der Waals surface area contributed by atoms with Crippen LogP contribution in [0.15, 0.2) is 24.5 Å². The van der Waals surface area contributed by atoms with Crippen LogP contribution in [0.2, 0.25) is 0 Å². The van der Waals surface area contributed by atoms with E-state index in [-0.39, 0.29) is 0 Å². The van der Waals surface area contributed by atoms with Gasteiger partial charge in [0, 0.05) is 25.0 Å². The first-order valence-electron chi connectivity index (χ1n) is 5.95. The first-order valence-corrected chi connectivity index (χ1v) is 5.95. The van der Waals surface area contributed by atoms with E-state index in [0.717, 1.165) is 12.5 Å². The second-order valence-corrected chi connectivity index (χ2v) is 4.70. The molecule has 90 valence electrons. The summed E-state index contributed by atoms with van der Waals surface area (Å²) in [6, 6.07) is 4.40. The molecule has 0 bridgehead atoms. The van der Waals surface area contributed by atoms with Gasteiger partial charge in [-0.2, -0.15) is 0 Å². The molecule has 1 aromatic rings. The zero-order valence-electron chi connectivity index (χ0n) is 10.6. The molecule has 1 unspecified atom stereocenters. The van der Waals surface area contributed by atoms with Crippen LogP contribution in [0.3, 0.4) is 0 Å². The Bertz CT molecular complexity index is 284. The van der Waals surface area contributed by atoms with Gasteiger partial charge in [0.2, 0.25) is 0 Å². The van der Waals surface area contributed by atoms with Crippen molar-refractivity contribution < 1.29 is 0 Å². The minimum Gasteiger partial charge on any atom is -0.329 e. The van der Waals surface area contributed by atoms with E-state index < -0.39 is 0 Å². The van der Waals surface area contributed by atoms with E-state index in [1.165, 1.54) is 12.0 Å². The first-order chi connectivity index (χ1) is 7.65. The minimum atomic E-state index is 0.307. The van der Waals surface area contributed by atoms with Crippen molar-refractivity contribution in [1.82, 2.24) is 9.88 Å². The molecule has 0 fully saturated rings. The van der Waals surface area contributed by atoms with Gasteiger partial charge in [-0.3, -0.25) is 9.88 Å². The molecule has 3 heteroatoms. The highest BCUT2D eigenvalue weighted by Gasteiger charge is 2.14. The van der Waals surface area contributed by atoms with E-state index in [9.17, 15) is 0 Å². The average Bonchev–Trinajstić information content (AvgIpc) is 2.29. The largest absolute Gasteiger partial charge is 0.329 e. The third-order valence-electron chi connectivity index (χ3n) is 2.91.